The zero-order chi connectivity index (χ0) is 24.4. The van der Waals surface area contributed by atoms with Crippen molar-refractivity contribution in [2.24, 2.45) is 28.0 Å². The van der Waals surface area contributed by atoms with Gasteiger partial charge in [0.25, 0.3) is 0 Å². The predicted molar refractivity (Wildman–Crippen MR) is 132 cm³/mol. The maximum Gasteiger partial charge on any atom is 0.573 e. The minimum atomic E-state index is -4.70. The van der Waals surface area contributed by atoms with Crippen LogP contribution in [0.3, 0.4) is 0 Å². The van der Waals surface area contributed by atoms with Gasteiger partial charge in [0.2, 0.25) is 0 Å². The van der Waals surface area contributed by atoms with Crippen LogP contribution in [-0.4, -0.2) is 18.3 Å². The Balaban J connectivity index is 1.71. The molecule has 0 heterocycles. The summed E-state index contributed by atoms with van der Waals surface area (Å²) >= 11 is 0. The molecule has 2 aromatic carbocycles. The summed E-state index contributed by atoms with van der Waals surface area (Å²) in [6.45, 7) is 4.56. The van der Waals surface area contributed by atoms with Crippen LogP contribution in [0.15, 0.2) is 64.8 Å². The molecule has 3 nitrogen and oxygen atoms in total. The van der Waals surface area contributed by atoms with E-state index in [0.717, 1.165) is 36.0 Å². The molecular weight excluding hydrogens is 437 g/mol. The Morgan fingerprint density at radius 1 is 0.941 bits per heavy atom. The van der Waals surface area contributed by atoms with E-state index >= 15 is 0 Å². The van der Waals surface area contributed by atoms with E-state index in [9.17, 15) is 13.2 Å². The van der Waals surface area contributed by atoms with Gasteiger partial charge in [-0.1, -0.05) is 69.9 Å². The summed E-state index contributed by atoms with van der Waals surface area (Å²) in [6, 6.07) is 15.8. The van der Waals surface area contributed by atoms with Gasteiger partial charge < -0.3 is 4.74 Å². The first-order valence-electron chi connectivity index (χ1n) is 12.4. The molecule has 0 N–H and O–H groups in total. The van der Waals surface area contributed by atoms with Crippen molar-refractivity contribution in [3.05, 3.63) is 65.7 Å². The maximum atomic E-state index is 12.4. The van der Waals surface area contributed by atoms with Crippen LogP contribution in [0.5, 0.6) is 5.75 Å². The minimum absolute atomic E-state index is 0.251. The van der Waals surface area contributed by atoms with Crippen molar-refractivity contribution in [3.63, 3.8) is 0 Å². The number of hydrogen-bond donors (Lipinski definition) is 0. The van der Waals surface area contributed by atoms with Crippen molar-refractivity contribution < 1.29 is 17.9 Å². The Kier molecular flexibility index (Phi) is 9.73. The molecule has 0 aromatic heterocycles. The van der Waals surface area contributed by atoms with E-state index < -0.39 is 6.36 Å². The van der Waals surface area contributed by atoms with Crippen molar-refractivity contribution >= 4 is 11.9 Å². The third-order valence-electron chi connectivity index (χ3n) is 6.70. The van der Waals surface area contributed by atoms with Crippen LogP contribution in [0.2, 0.25) is 0 Å². The molecule has 34 heavy (non-hydrogen) atoms. The van der Waals surface area contributed by atoms with E-state index in [1.807, 2.05) is 18.2 Å². The molecule has 1 fully saturated rings. The molecule has 6 heteroatoms. The zero-order valence-corrected chi connectivity index (χ0v) is 20.1. The lowest BCUT2D eigenvalue weighted by Gasteiger charge is -2.34. The number of alkyl halides is 3. The second-order valence-corrected chi connectivity index (χ2v) is 9.16. The smallest absolute Gasteiger partial charge is 0.406 e. The second kappa shape index (κ2) is 12.7. The van der Waals surface area contributed by atoms with Crippen molar-refractivity contribution in [1.29, 1.82) is 0 Å². The second-order valence-electron chi connectivity index (χ2n) is 9.16. The van der Waals surface area contributed by atoms with E-state index in [4.69, 9.17) is 0 Å². The summed E-state index contributed by atoms with van der Waals surface area (Å²) in [5, 5.41) is 8.92. The van der Waals surface area contributed by atoms with E-state index in [0.29, 0.717) is 11.5 Å². The highest BCUT2D eigenvalue weighted by atomic mass is 19.4. The molecule has 0 spiro atoms. The number of benzene rings is 2. The molecule has 2 aromatic rings. The summed E-state index contributed by atoms with van der Waals surface area (Å²) < 4.78 is 41.0. The quantitative estimate of drug-likeness (QED) is 0.252. The number of ether oxygens (including phenoxy) is 1. The van der Waals surface area contributed by atoms with Gasteiger partial charge in [0, 0.05) is 5.92 Å². The molecule has 1 aliphatic carbocycles. The maximum absolute atomic E-state index is 12.4. The number of nitrogens with zero attached hydrogens (tertiary/aromatic N) is 2. The molecule has 0 bridgehead atoms. The SMILES string of the molecule is CCCC(CCC)C1CCC(C(=NN=Cc2ccc(OC(F)(F)F)cc2)c2ccccc2)CC1. The molecule has 0 aliphatic heterocycles. The van der Waals surface area contributed by atoms with E-state index in [-0.39, 0.29) is 5.75 Å². The Morgan fingerprint density at radius 2 is 1.56 bits per heavy atom. The highest BCUT2D eigenvalue weighted by Crippen LogP contribution is 2.38. The Morgan fingerprint density at radius 3 is 2.12 bits per heavy atom. The van der Waals surface area contributed by atoms with Crippen LogP contribution in [-0.2, 0) is 0 Å². The van der Waals surface area contributed by atoms with Crippen LogP contribution in [0.25, 0.3) is 0 Å². The monoisotopic (exact) mass is 472 g/mol. The summed E-state index contributed by atoms with van der Waals surface area (Å²) in [5.41, 5.74) is 2.74. The van der Waals surface area contributed by atoms with Gasteiger partial charge in [0.05, 0.1) is 11.9 Å². The average Bonchev–Trinajstić information content (AvgIpc) is 2.83. The number of hydrogen-bond acceptors (Lipinski definition) is 3. The van der Waals surface area contributed by atoms with Gasteiger partial charge in [-0.25, -0.2) is 0 Å². The van der Waals surface area contributed by atoms with E-state index in [1.54, 1.807) is 6.21 Å². The molecule has 0 radical (unpaired) electrons. The fourth-order valence-corrected chi connectivity index (χ4v) is 5.12. The van der Waals surface area contributed by atoms with Gasteiger partial charge in [-0.05, 0) is 72.9 Å². The largest absolute Gasteiger partial charge is 0.573 e. The van der Waals surface area contributed by atoms with Gasteiger partial charge in [0.15, 0.2) is 0 Å². The fourth-order valence-electron chi connectivity index (χ4n) is 5.12. The van der Waals surface area contributed by atoms with Gasteiger partial charge in [-0.15, -0.1) is 13.2 Å². The molecule has 0 saturated heterocycles. The fraction of sp³-hybridized carbons (Fsp3) is 0.500. The van der Waals surface area contributed by atoms with Crippen LogP contribution < -0.4 is 4.74 Å². The predicted octanol–water partition coefficient (Wildman–Crippen LogP) is 8.43. The Hall–Kier alpha value is -2.63. The number of halogens is 3. The van der Waals surface area contributed by atoms with Gasteiger partial charge in [-0.2, -0.15) is 10.2 Å². The average molecular weight is 473 g/mol. The van der Waals surface area contributed by atoms with Crippen LogP contribution in [0.4, 0.5) is 13.2 Å². The first-order chi connectivity index (χ1) is 16.4. The molecule has 0 unspecified atom stereocenters. The lowest BCUT2D eigenvalue weighted by Crippen LogP contribution is -2.26. The summed E-state index contributed by atoms with van der Waals surface area (Å²) in [5.74, 6) is 1.74. The van der Waals surface area contributed by atoms with Crippen molar-refractivity contribution in [3.8, 4) is 5.75 Å². The Bertz CT molecular complexity index is 909. The third kappa shape index (κ3) is 8.00. The summed E-state index contributed by atoms with van der Waals surface area (Å²) in [7, 11) is 0. The highest BCUT2D eigenvalue weighted by Gasteiger charge is 2.31. The normalized spacial score (nSPS) is 19.6. The summed E-state index contributed by atoms with van der Waals surface area (Å²) in [4.78, 5) is 0. The highest BCUT2D eigenvalue weighted by molar-refractivity contribution is 6.02. The molecule has 1 aliphatic rings. The first-order valence-corrected chi connectivity index (χ1v) is 12.4. The molecule has 184 valence electrons. The van der Waals surface area contributed by atoms with Crippen molar-refractivity contribution in [1.82, 2.24) is 0 Å². The topological polar surface area (TPSA) is 34.0 Å². The van der Waals surface area contributed by atoms with Crippen LogP contribution >= 0.6 is 0 Å². The molecular formula is C28H35F3N2O. The van der Waals surface area contributed by atoms with Crippen molar-refractivity contribution in [2.75, 3.05) is 0 Å². The lowest BCUT2D eigenvalue weighted by molar-refractivity contribution is -0.274. The first kappa shape index (κ1) is 26.0. The molecule has 3 rings (SSSR count). The van der Waals surface area contributed by atoms with Crippen LogP contribution in [0.1, 0.15) is 76.3 Å². The molecule has 0 atom stereocenters. The van der Waals surface area contributed by atoms with Crippen molar-refractivity contribution in [2.45, 2.75) is 71.6 Å². The third-order valence-corrected chi connectivity index (χ3v) is 6.70. The van der Waals surface area contributed by atoms with E-state index in [1.165, 1.54) is 62.8 Å². The lowest BCUT2D eigenvalue weighted by atomic mass is 9.71. The van der Waals surface area contributed by atoms with Crippen LogP contribution in [0, 0.1) is 17.8 Å². The zero-order valence-electron chi connectivity index (χ0n) is 20.1. The van der Waals surface area contributed by atoms with E-state index in [2.05, 4.69) is 40.9 Å². The molecule has 1 saturated carbocycles. The van der Waals surface area contributed by atoms with Gasteiger partial charge in [0.1, 0.15) is 5.75 Å². The Labute approximate surface area is 201 Å². The van der Waals surface area contributed by atoms with Gasteiger partial charge in [-0.3, -0.25) is 0 Å². The number of rotatable bonds is 10. The minimum Gasteiger partial charge on any atom is -0.406 e. The standard InChI is InChI=1S/C28H35F3N2O/c1-3-8-22(9-4-2)23-14-16-25(17-15-23)27(24-10-6-5-7-11-24)33-32-20-21-12-18-26(19-13-21)34-28(29,30)31/h5-7,10-13,18-20,22-23,25H,3-4,8-9,14-17H2,1-2H3. The summed E-state index contributed by atoms with van der Waals surface area (Å²) in [6.07, 6.45) is 6.69. The van der Waals surface area contributed by atoms with Gasteiger partial charge >= 0.3 is 6.36 Å². The molecule has 0 amide bonds.